The van der Waals surface area contributed by atoms with Gasteiger partial charge >= 0.3 is 0 Å². The van der Waals surface area contributed by atoms with Crippen LogP contribution in [0.2, 0.25) is 0 Å². The molecule has 3 rings (SSSR count). The molecule has 0 spiro atoms. The number of rotatable bonds is 6. The molecule has 1 fully saturated rings. The second-order valence-electron chi connectivity index (χ2n) is 5.56. The number of guanidine groups is 1. The molecule has 0 atom stereocenters. The zero-order valence-corrected chi connectivity index (χ0v) is 13.6. The fraction of sp³-hybridized carbons (Fsp3) is 0.412. The fourth-order valence-electron chi connectivity index (χ4n) is 2.23. The molecular formula is C17H23N5O. The lowest BCUT2D eigenvalue weighted by Crippen LogP contribution is -2.38. The highest BCUT2D eigenvalue weighted by atomic mass is 16.5. The first-order valence-electron chi connectivity index (χ1n) is 8.02. The van der Waals surface area contributed by atoms with Crippen LogP contribution in [0.3, 0.4) is 0 Å². The normalized spacial score (nSPS) is 14.6. The van der Waals surface area contributed by atoms with Crippen LogP contribution in [0, 0.1) is 0 Å². The standard InChI is InChI=1S/C17H23N5O/c1-3-18-17(20-13-4-5-13)19-12-14-10-11-22(21-14)15-6-8-16(23-2)9-7-15/h6-11,13H,3-5,12H2,1-2H3,(H2,18,19,20). The Morgan fingerprint density at radius 2 is 2.09 bits per heavy atom. The first-order chi connectivity index (χ1) is 11.3. The van der Waals surface area contributed by atoms with Gasteiger partial charge in [-0.25, -0.2) is 9.67 Å². The maximum absolute atomic E-state index is 5.17. The van der Waals surface area contributed by atoms with Gasteiger partial charge in [0.25, 0.3) is 0 Å². The van der Waals surface area contributed by atoms with Gasteiger partial charge in [0.05, 0.1) is 25.0 Å². The van der Waals surface area contributed by atoms with Crippen LogP contribution in [0.5, 0.6) is 5.75 Å². The maximum atomic E-state index is 5.17. The molecule has 122 valence electrons. The number of ether oxygens (including phenoxy) is 1. The molecule has 0 bridgehead atoms. The zero-order chi connectivity index (χ0) is 16.1. The van der Waals surface area contributed by atoms with Gasteiger partial charge in [0.2, 0.25) is 0 Å². The van der Waals surface area contributed by atoms with E-state index in [0.29, 0.717) is 12.6 Å². The van der Waals surface area contributed by atoms with Gasteiger partial charge in [-0.1, -0.05) is 0 Å². The number of nitrogens with zero attached hydrogens (tertiary/aromatic N) is 3. The average Bonchev–Trinajstić information content (AvgIpc) is 3.27. The van der Waals surface area contributed by atoms with Crippen molar-refractivity contribution in [2.45, 2.75) is 32.4 Å². The van der Waals surface area contributed by atoms with Crippen molar-refractivity contribution in [2.24, 2.45) is 4.99 Å². The lowest BCUT2D eigenvalue weighted by molar-refractivity contribution is 0.414. The molecule has 0 unspecified atom stereocenters. The predicted molar refractivity (Wildman–Crippen MR) is 91.1 cm³/mol. The number of hydrogen-bond donors (Lipinski definition) is 2. The number of hydrogen-bond acceptors (Lipinski definition) is 3. The summed E-state index contributed by atoms with van der Waals surface area (Å²) in [6.45, 7) is 3.49. The number of nitrogens with one attached hydrogen (secondary N) is 2. The summed E-state index contributed by atoms with van der Waals surface area (Å²) >= 11 is 0. The minimum absolute atomic E-state index is 0.561. The van der Waals surface area contributed by atoms with Gasteiger partial charge in [-0.05, 0) is 50.1 Å². The van der Waals surface area contributed by atoms with E-state index >= 15 is 0 Å². The third-order valence-electron chi connectivity index (χ3n) is 3.64. The molecule has 6 heteroatoms. The van der Waals surface area contributed by atoms with Crippen molar-refractivity contribution in [3.63, 3.8) is 0 Å². The quantitative estimate of drug-likeness (QED) is 0.633. The first kappa shape index (κ1) is 15.4. The van der Waals surface area contributed by atoms with Crippen LogP contribution in [0.1, 0.15) is 25.5 Å². The summed E-state index contributed by atoms with van der Waals surface area (Å²) in [7, 11) is 1.66. The molecule has 0 radical (unpaired) electrons. The van der Waals surface area contributed by atoms with Gasteiger partial charge in [-0.15, -0.1) is 0 Å². The molecule has 1 heterocycles. The van der Waals surface area contributed by atoms with E-state index in [2.05, 4.69) is 27.6 Å². The van der Waals surface area contributed by atoms with Crippen LogP contribution in [0.25, 0.3) is 5.69 Å². The predicted octanol–water partition coefficient (Wildman–Crippen LogP) is 2.10. The maximum Gasteiger partial charge on any atom is 0.191 e. The Labute approximate surface area is 136 Å². The third-order valence-corrected chi connectivity index (χ3v) is 3.64. The minimum atomic E-state index is 0.561. The van der Waals surface area contributed by atoms with E-state index in [1.807, 2.05) is 41.2 Å². The summed E-state index contributed by atoms with van der Waals surface area (Å²) in [5.41, 5.74) is 1.94. The van der Waals surface area contributed by atoms with Gasteiger partial charge in [0, 0.05) is 18.8 Å². The Balaban J connectivity index is 1.65. The van der Waals surface area contributed by atoms with Crippen molar-refractivity contribution in [3.05, 3.63) is 42.2 Å². The van der Waals surface area contributed by atoms with Crippen LogP contribution >= 0.6 is 0 Å². The van der Waals surface area contributed by atoms with Crippen LogP contribution in [-0.2, 0) is 6.54 Å². The lowest BCUT2D eigenvalue weighted by Gasteiger charge is -2.09. The Morgan fingerprint density at radius 1 is 1.30 bits per heavy atom. The summed E-state index contributed by atoms with van der Waals surface area (Å²) < 4.78 is 7.03. The van der Waals surface area contributed by atoms with Gasteiger partial charge in [0.15, 0.2) is 5.96 Å². The van der Waals surface area contributed by atoms with Gasteiger partial charge in [-0.3, -0.25) is 0 Å². The first-order valence-corrected chi connectivity index (χ1v) is 8.02. The highest BCUT2D eigenvalue weighted by Gasteiger charge is 2.22. The van der Waals surface area contributed by atoms with Gasteiger partial charge < -0.3 is 15.4 Å². The highest BCUT2D eigenvalue weighted by molar-refractivity contribution is 5.80. The molecule has 0 saturated heterocycles. The Bertz CT molecular complexity index is 658. The van der Waals surface area contributed by atoms with Crippen molar-refractivity contribution in [1.82, 2.24) is 20.4 Å². The molecule has 1 aliphatic rings. The minimum Gasteiger partial charge on any atom is -0.497 e. The second kappa shape index (κ2) is 7.17. The molecule has 6 nitrogen and oxygen atoms in total. The summed E-state index contributed by atoms with van der Waals surface area (Å²) in [6, 6.07) is 10.4. The van der Waals surface area contributed by atoms with Crippen molar-refractivity contribution >= 4 is 5.96 Å². The number of aromatic nitrogens is 2. The molecule has 2 N–H and O–H groups in total. The topological polar surface area (TPSA) is 63.5 Å². The number of benzene rings is 1. The van der Waals surface area contributed by atoms with E-state index in [9.17, 15) is 0 Å². The number of methoxy groups -OCH3 is 1. The van der Waals surface area contributed by atoms with Crippen LogP contribution in [-0.4, -0.2) is 35.4 Å². The number of aliphatic imine (C=N–C) groups is 1. The van der Waals surface area contributed by atoms with E-state index in [1.165, 1.54) is 12.8 Å². The summed E-state index contributed by atoms with van der Waals surface area (Å²) in [6.07, 6.45) is 4.42. The fourth-order valence-corrected chi connectivity index (χ4v) is 2.23. The summed E-state index contributed by atoms with van der Waals surface area (Å²) in [5.74, 6) is 1.71. The summed E-state index contributed by atoms with van der Waals surface area (Å²) in [4.78, 5) is 4.60. The molecule has 0 amide bonds. The molecule has 1 aromatic carbocycles. The van der Waals surface area contributed by atoms with Crippen LogP contribution < -0.4 is 15.4 Å². The van der Waals surface area contributed by atoms with E-state index in [0.717, 1.165) is 29.6 Å². The average molecular weight is 313 g/mol. The van der Waals surface area contributed by atoms with Gasteiger partial charge in [-0.2, -0.15) is 5.10 Å². The second-order valence-corrected chi connectivity index (χ2v) is 5.56. The molecule has 1 saturated carbocycles. The zero-order valence-electron chi connectivity index (χ0n) is 13.6. The Kier molecular flexibility index (Phi) is 4.80. The van der Waals surface area contributed by atoms with E-state index in [1.54, 1.807) is 7.11 Å². The third kappa shape index (κ3) is 4.25. The lowest BCUT2D eigenvalue weighted by atomic mass is 10.3. The summed E-state index contributed by atoms with van der Waals surface area (Å²) in [5, 5.41) is 11.2. The van der Waals surface area contributed by atoms with Crippen LogP contribution in [0.15, 0.2) is 41.5 Å². The van der Waals surface area contributed by atoms with E-state index in [-0.39, 0.29) is 0 Å². The van der Waals surface area contributed by atoms with E-state index in [4.69, 9.17) is 4.74 Å². The van der Waals surface area contributed by atoms with Crippen molar-refractivity contribution in [3.8, 4) is 11.4 Å². The Hall–Kier alpha value is -2.50. The highest BCUT2D eigenvalue weighted by Crippen LogP contribution is 2.18. The van der Waals surface area contributed by atoms with Crippen molar-refractivity contribution in [2.75, 3.05) is 13.7 Å². The molecule has 2 aromatic rings. The molecule has 23 heavy (non-hydrogen) atoms. The smallest absolute Gasteiger partial charge is 0.191 e. The van der Waals surface area contributed by atoms with Gasteiger partial charge in [0.1, 0.15) is 5.75 Å². The largest absolute Gasteiger partial charge is 0.497 e. The van der Waals surface area contributed by atoms with Crippen LogP contribution in [0.4, 0.5) is 0 Å². The van der Waals surface area contributed by atoms with Crippen molar-refractivity contribution < 1.29 is 4.74 Å². The molecular weight excluding hydrogens is 290 g/mol. The molecule has 1 aliphatic carbocycles. The van der Waals surface area contributed by atoms with E-state index < -0.39 is 0 Å². The molecule has 1 aromatic heterocycles. The van der Waals surface area contributed by atoms with Crippen molar-refractivity contribution in [1.29, 1.82) is 0 Å². The molecule has 0 aliphatic heterocycles. The Morgan fingerprint density at radius 3 is 2.74 bits per heavy atom. The SMILES string of the molecule is CCNC(=NCc1ccn(-c2ccc(OC)cc2)n1)NC1CC1. The monoisotopic (exact) mass is 313 g/mol.